The number of ether oxygens (including phenoxy) is 3. The summed E-state index contributed by atoms with van der Waals surface area (Å²) in [6.07, 6.45) is 0. The van der Waals surface area contributed by atoms with Crippen LogP contribution < -0.4 is 9.47 Å². The molecule has 0 radical (unpaired) electrons. The van der Waals surface area contributed by atoms with Crippen LogP contribution in [0.2, 0.25) is 0 Å². The topological polar surface area (TPSA) is 65.1 Å². The highest BCUT2D eigenvalue weighted by Gasteiger charge is 2.21. The van der Waals surface area contributed by atoms with E-state index in [0.717, 1.165) is 16.9 Å². The summed E-state index contributed by atoms with van der Waals surface area (Å²) >= 11 is 1.16. The molecule has 1 amide bonds. The molecule has 0 aliphatic carbocycles. The number of hydrogen-bond donors (Lipinski definition) is 0. The minimum Gasteiger partial charge on any atom is -0.493 e. The van der Waals surface area contributed by atoms with Crippen molar-refractivity contribution in [1.29, 1.82) is 0 Å². The van der Waals surface area contributed by atoms with Crippen LogP contribution in [0.1, 0.15) is 27.7 Å². The van der Waals surface area contributed by atoms with Gasteiger partial charge in [-0.3, -0.25) is 4.79 Å². The van der Waals surface area contributed by atoms with Crippen molar-refractivity contribution in [3.8, 4) is 11.5 Å². The maximum absolute atomic E-state index is 14.1. The van der Waals surface area contributed by atoms with Crippen LogP contribution in [-0.4, -0.2) is 44.1 Å². The number of benzene rings is 2. The smallest absolute Gasteiger partial charge is 0.349 e. The Labute approximate surface area is 184 Å². The van der Waals surface area contributed by atoms with E-state index in [1.807, 2.05) is 13.0 Å². The van der Waals surface area contributed by atoms with E-state index in [1.54, 1.807) is 50.3 Å². The molecular weight excluding hydrogens is 421 g/mol. The van der Waals surface area contributed by atoms with E-state index in [1.165, 1.54) is 6.07 Å². The molecule has 0 atom stereocenters. The lowest BCUT2D eigenvalue weighted by atomic mass is 10.1. The molecule has 0 bridgehead atoms. The number of fused-ring (bicyclic) bond motifs is 1. The first-order valence-electron chi connectivity index (χ1n) is 9.73. The number of rotatable bonds is 8. The van der Waals surface area contributed by atoms with Gasteiger partial charge in [0.2, 0.25) is 0 Å². The first-order valence-corrected chi connectivity index (χ1v) is 10.5. The Balaban J connectivity index is 1.67. The Morgan fingerprint density at radius 1 is 1.10 bits per heavy atom. The summed E-state index contributed by atoms with van der Waals surface area (Å²) < 4.78 is 30.5. The van der Waals surface area contributed by atoms with Gasteiger partial charge in [0.1, 0.15) is 10.7 Å². The van der Waals surface area contributed by atoms with Crippen molar-refractivity contribution in [3.63, 3.8) is 0 Å². The summed E-state index contributed by atoms with van der Waals surface area (Å²) in [4.78, 5) is 27.1. The number of halogens is 1. The third kappa shape index (κ3) is 4.80. The van der Waals surface area contributed by atoms with Crippen LogP contribution in [0.25, 0.3) is 10.1 Å². The largest absolute Gasteiger partial charge is 0.493 e. The Hall–Kier alpha value is -3.13. The van der Waals surface area contributed by atoms with Crippen molar-refractivity contribution in [2.75, 3.05) is 27.4 Å². The Bertz CT molecular complexity index is 1110. The summed E-state index contributed by atoms with van der Waals surface area (Å²) in [5, 5.41) is 0.411. The molecule has 164 valence electrons. The maximum Gasteiger partial charge on any atom is 0.349 e. The number of carbonyl (C=O) groups is 2. The van der Waals surface area contributed by atoms with Crippen LogP contribution in [0.3, 0.4) is 0 Å². The zero-order valence-electron chi connectivity index (χ0n) is 17.9. The Morgan fingerprint density at radius 3 is 2.48 bits per heavy atom. The number of likely N-dealkylation sites (N-methyl/N-ethyl adjacent to an activating group) is 1. The molecule has 0 saturated heterocycles. The number of aryl methyl sites for hydroxylation is 1. The molecular formula is C23H24FNO5S. The van der Waals surface area contributed by atoms with E-state index in [0.29, 0.717) is 45.1 Å². The van der Waals surface area contributed by atoms with Crippen molar-refractivity contribution in [2.24, 2.45) is 0 Å². The van der Waals surface area contributed by atoms with Crippen LogP contribution in [0.4, 0.5) is 4.39 Å². The Kier molecular flexibility index (Phi) is 7.12. The van der Waals surface area contributed by atoms with Crippen molar-refractivity contribution >= 4 is 33.3 Å². The highest BCUT2D eigenvalue weighted by atomic mass is 32.1. The van der Waals surface area contributed by atoms with Crippen molar-refractivity contribution in [1.82, 2.24) is 4.90 Å². The quantitative estimate of drug-likeness (QED) is 0.475. The molecule has 0 aliphatic heterocycles. The number of hydrogen-bond acceptors (Lipinski definition) is 6. The van der Waals surface area contributed by atoms with Gasteiger partial charge in [-0.15, -0.1) is 11.3 Å². The van der Waals surface area contributed by atoms with Gasteiger partial charge in [0.05, 0.1) is 14.2 Å². The van der Waals surface area contributed by atoms with Crippen molar-refractivity contribution in [3.05, 3.63) is 58.2 Å². The molecule has 0 fully saturated rings. The van der Waals surface area contributed by atoms with Crippen LogP contribution in [0, 0.1) is 12.7 Å². The van der Waals surface area contributed by atoms with E-state index in [9.17, 15) is 14.0 Å². The van der Waals surface area contributed by atoms with Crippen LogP contribution >= 0.6 is 11.3 Å². The van der Waals surface area contributed by atoms with Crippen LogP contribution in [0.5, 0.6) is 11.5 Å². The Morgan fingerprint density at radius 2 is 1.84 bits per heavy atom. The maximum atomic E-state index is 14.1. The number of nitrogens with zero attached hydrogens (tertiary/aromatic N) is 1. The van der Waals surface area contributed by atoms with E-state index in [4.69, 9.17) is 14.2 Å². The number of amides is 1. The number of thiophene rings is 1. The minimum atomic E-state index is -0.631. The summed E-state index contributed by atoms with van der Waals surface area (Å²) in [6.45, 7) is 3.91. The molecule has 1 aromatic heterocycles. The highest BCUT2D eigenvalue weighted by molar-refractivity contribution is 7.21. The van der Waals surface area contributed by atoms with Crippen molar-refractivity contribution in [2.45, 2.75) is 20.4 Å². The van der Waals surface area contributed by atoms with Gasteiger partial charge in [-0.2, -0.15) is 0 Å². The predicted octanol–water partition coefficient (Wildman–Crippen LogP) is 4.57. The van der Waals surface area contributed by atoms with Gasteiger partial charge in [0, 0.05) is 23.2 Å². The molecule has 0 aliphatic rings. The second kappa shape index (κ2) is 9.78. The molecule has 1 heterocycles. The molecule has 3 aromatic rings. The molecule has 3 rings (SSSR count). The zero-order valence-corrected chi connectivity index (χ0v) is 18.7. The summed E-state index contributed by atoms with van der Waals surface area (Å²) in [5.41, 5.74) is 1.38. The number of esters is 1. The van der Waals surface area contributed by atoms with Gasteiger partial charge in [-0.05, 0) is 49.2 Å². The molecule has 0 spiro atoms. The van der Waals surface area contributed by atoms with Gasteiger partial charge in [0.25, 0.3) is 5.91 Å². The fourth-order valence-electron chi connectivity index (χ4n) is 3.31. The summed E-state index contributed by atoms with van der Waals surface area (Å²) in [5.74, 6) is -0.162. The molecule has 8 heteroatoms. The van der Waals surface area contributed by atoms with Crippen LogP contribution in [0.15, 0.2) is 36.4 Å². The van der Waals surface area contributed by atoms with E-state index >= 15 is 0 Å². The van der Waals surface area contributed by atoms with Gasteiger partial charge in [0.15, 0.2) is 18.1 Å². The minimum absolute atomic E-state index is 0.302. The van der Waals surface area contributed by atoms with Gasteiger partial charge >= 0.3 is 5.97 Å². The monoisotopic (exact) mass is 445 g/mol. The number of carbonyl (C=O) groups excluding carboxylic acids is 2. The lowest BCUT2D eigenvalue weighted by Crippen LogP contribution is -2.34. The van der Waals surface area contributed by atoms with Gasteiger partial charge < -0.3 is 19.1 Å². The molecule has 31 heavy (non-hydrogen) atoms. The third-order valence-corrected chi connectivity index (χ3v) is 6.21. The first kappa shape index (κ1) is 22.6. The lowest BCUT2D eigenvalue weighted by Gasteiger charge is -2.21. The fraction of sp³-hybridized carbons (Fsp3) is 0.304. The standard InChI is InChI=1S/C23H24FNO5S/c1-5-25(12-15-9-10-17(28-3)18(11-15)29-4)20(26)13-30-23(27)22-14(2)21-16(24)7-6-8-19(21)31-22/h6-11H,5,12-13H2,1-4H3. The summed E-state index contributed by atoms with van der Waals surface area (Å²) in [7, 11) is 3.10. The second-order valence-corrected chi connectivity index (χ2v) is 7.89. The predicted molar refractivity (Wildman–Crippen MR) is 117 cm³/mol. The van der Waals surface area contributed by atoms with Gasteiger partial charge in [-0.1, -0.05) is 12.1 Å². The van der Waals surface area contributed by atoms with Gasteiger partial charge in [-0.25, -0.2) is 9.18 Å². The van der Waals surface area contributed by atoms with Crippen LogP contribution in [-0.2, 0) is 16.1 Å². The SMILES string of the molecule is CCN(Cc1ccc(OC)c(OC)c1)C(=O)COC(=O)c1sc2cccc(F)c2c1C. The van der Waals surface area contributed by atoms with E-state index in [2.05, 4.69) is 0 Å². The molecule has 0 unspecified atom stereocenters. The third-order valence-electron chi connectivity index (χ3n) is 4.97. The zero-order chi connectivity index (χ0) is 22.5. The first-order chi connectivity index (χ1) is 14.9. The molecule has 2 aromatic carbocycles. The lowest BCUT2D eigenvalue weighted by molar-refractivity contribution is -0.134. The van der Waals surface area contributed by atoms with Crippen molar-refractivity contribution < 1.29 is 28.2 Å². The summed E-state index contributed by atoms with van der Waals surface area (Å²) in [6, 6.07) is 10.1. The number of methoxy groups -OCH3 is 2. The highest BCUT2D eigenvalue weighted by Crippen LogP contribution is 2.33. The average molecular weight is 446 g/mol. The van der Waals surface area contributed by atoms with E-state index < -0.39 is 12.6 Å². The average Bonchev–Trinajstić information content (AvgIpc) is 3.13. The fourth-order valence-corrected chi connectivity index (χ4v) is 4.42. The molecule has 0 N–H and O–H groups in total. The molecule has 6 nitrogen and oxygen atoms in total. The normalized spacial score (nSPS) is 10.7. The molecule has 0 saturated carbocycles. The van der Waals surface area contributed by atoms with E-state index in [-0.39, 0.29) is 11.7 Å². The second-order valence-electron chi connectivity index (χ2n) is 6.84.